The Morgan fingerprint density at radius 1 is 1.28 bits per heavy atom. The molecular formula is C11H13Cl2N5. The van der Waals surface area contributed by atoms with Crippen LogP contribution in [0.5, 0.6) is 0 Å². The number of tetrazole rings is 1. The molecule has 2 rings (SSSR count). The fourth-order valence-corrected chi connectivity index (χ4v) is 2.22. The smallest absolute Gasteiger partial charge is 0.173 e. The number of rotatable bonds is 4. The van der Waals surface area contributed by atoms with Crippen LogP contribution < -0.4 is 5.32 Å². The van der Waals surface area contributed by atoms with E-state index in [1.807, 2.05) is 13.8 Å². The van der Waals surface area contributed by atoms with Crippen molar-refractivity contribution in [3.63, 3.8) is 0 Å². The van der Waals surface area contributed by atoms with Gasteiger partial charge in [0.05, 0.1) is 11.7 Å². The molecule has 0 saturated heterocycles. The van der Waals surface area contributed by atoms with Crippen LogP contribution in [0.3, 0.4) is 0 Å². The van der Waals surface area contributed by atoms with Gasteiger partial charge in [0.25, 0.3) is 0 Å². The molecule has 1 aromatic heterocycles. The summed E-state index contributed by atoms with van der Waals surface area (Å²) in [7, 11) is 0. The van der Waals surface area contributed by atoms with Gasteiger partial charge in [0, 0.05) is 10.0 Å². The van der Waals surface area contributed by atoms with Crippen LogP contribution in [0.4, 0.5) is 0 Å². The second kappa shape index (κ2) is 5.65. The van der Waals surface area contributed by atoms with Crippen molar-refractivity contribution in [3.05, 3.63) is 34.1 Å². The highest BCUT2D eigenvalue weighted by molar-refractivity contribution is 6.34. The van der Waals surface area contributed by atoms with Gasteiger partial charge in [0.15, 0.2) is 5.82 Å². The molecule has 5 nitrogen and oxygen atoms in total. The summed E-state index contributed by atoms with van der Waals surface area (Å²) in [5, 5.41) is 16.1. The maximum absolute atomic E-state index is 5.98. The van der Waals surface area contributed by atoms with Crippen molar-refractivity contribution in [1.29, 1.82) is 0 Å². The van der Waals surface area contributed by atoms with Gasteiger partial charge in [-0.3, -0.25) is 0 Å². The van der Waals surface area contributed by atoms with E-state index in [4.69, 9.17) is 23.2 Å². The summed E-state index contributed by atoms with van der Waals surface area (Å²) >= 11 is 12.0. The SMILES string of the molecule is CCNC(C)c1nnnn1-c1cc(Cl)cc(Cl)c1. The molecule has 1 heterocycles. The summed E-state index contributed by atoms with van der Waals surface area (Å²) in [6.45, 7) is 4.86. The van der Waals surface area contributed by atoms with E-state index in [1.165, 1.54) is 0 Å². The first-order valence-electron chi connectivity index (χ1n) is 5.60. The first-order valence-corrected chi connectivity index (χ1v) is 6.35. The molecule has 0 saturated carbocycles. The maximum atomic E-state index is 5.98. The van der Waals surface area contributed by atoms with E-state index in [0.717, 1.165) is 18.1 Å². The normalized spacial score (nSPS) is 12.7. The van der Waals surface area contributed by atoms with Crippen LogP contribution in [0.25, 0.3) is 5.69 Å². The lowest BCUT2D eigenvalue weighted by molar-refractivity contribution is 0.550. The molecule has 2 aromatic rings. The molecule has 1 atom stereocenters. The number of nitrogens with one attached hydrogen (secondary N) is 1. The minimum atomic E-state index is 0.0442. The van der Waals surface area contributed by atoms with Crippen molar-refractivity contribution >= 4 is 23.2 Å². The van der Waals surface area contributed by atoms with Gasteiger partial charge in [-0.15, -0.1) is 5.10 Å². The van der Waals surface area contributed by atoms with Crippen molar-refractivity contribution in [3.8, 4) is 5.69 Å². The molecule has 7 heteroatoms. The van der Waals surface area contributed by atoms with Crippen LogP contribution in [0.2, 0.25) is 10.0 Å². The minimum absolute atomic E-state index is 0.0442. The second-order valence-corrected chi connectivity index (χ2v) is 4.73. The van der Waals surface area contributed by atoms with E-state index in [2.05, 4.69) is 20.8 Å². The molecule has 0 fully saturated rings. The third-order valence-electron chi connectivity index (χ3n) is 2.48. The Bertz CT molecular complexity index is 520. The zero-order chi connectivity index (χ0) is 13.1. The van der Waals surface area contributed by atoms with E-state index in [9.17, 15) is 0 Å². The van der Waals surface area contributed by atoms with Crippen LogP contribution in [0, 0.1) is 0 Å². The Morgan fingerprint density at radius 3 is 2.56 bits per heavy atom. The van der Waals surface area contributed by atoms with Gasteiger partial charge in [0.1, 0.15) is 0 Å². The van der Waals surface area contributed by atoms with Gasteiger partial charge >= 0.3 is 0 Å². The lowest BCUT2D eigenvalue weighted by Gasteiger charge is -2.12. The standard InChI is InChI=1S/C11H13Cl2N5/c1-3-14-7(2)11-15-16-17-18(11)10-5-8(12)4-9(13)6-10/h4-7,14H,3H2,1-2H3. The third kappa shape index (κ3) is 2.80. The Kier molecular flexibility index (Phi) is 4.16. The fraction of sp³-hybridized carbons (Fsp3) is 0.364. The Morgan fingerprint density at radius 2 is 1.94 bits per heavy atom. The topological polar surface area (TPSA) is 55.6 Å². The quantitative estimate of drug-likeness (QED) is 0.938. The van der Waals surface area contributed by atoms with Gasteiger partial charge < -0.3 is 5.32 Å². The lowest BCUT2D eigenvalue weighted by atomic mass is 10.3. The molecule has 0 aliphatic carbocycles. The predicted octanol–water partition coefficient (Wildman–Crippen LogP) is 2.64. The van der Waals surface area contributed by atoms with Crippen LogP contribution >= 0.6 is 23.2 Å². The molecule has 0 aliphatic heterocycles. The van der Waals surface area contributed by atoms with E-state index in [-0.39, 0.29) is 6.04 Å². The van der Waals surface area contributed by atoms with Crippen LogP contribution in [0.1, 0.15) is 25.7 Å². The third-order valence-corrected chi connectivity index (χ3v) is 2.92. The average molecular weight is 286 g/mol. The lowest BCUT2D eigenvalue weighted by Crippen LogP contribution is -2.21. The number of nitrogens with zero attached hydrogens (tertiary/aromatic N) is 4. The van der Waals surface area contributed by atoms with Gasteiger partial charge in [-0.05, 0) is 42.1 Å². The molecule has 0 bridgehead atoms. The number of benzene rings is 1. The first kappa shape index (κ1) is 13.3. The number of aromatic nitrogens is 4. The molecule has 1 unspecified atom stereocenters. The first-order chi connectivity index (χ1) is 8.61. The highest BCUT2D eigenvalue weighted by Crippen LogP contribution is 2.22. The van der Waals surface area contributed by atoms with Gasteiger partial charge in [-0.25, -0.2) is 0 Å². The van der Waals surface area contributed by atoms with Crippen molar-refractivity contribution in [2.75, 3.05) is 6.54 Å². The molecule has 0 amide bonds. The molecule has 18 heavy (non-hydrogen) atoms. The van der Waals surface area contributed by atoms with Crippen molar-refractivity contribution in [2.45, 2.75) is 19.9 Å². The zero-order valence-corrected chi connectivity index (χ0v) is 11.6. The summed E-state index contributed by atoms with van der Waals surface area (Å²) in [5.74, 6) is 0.718. The van der Waals surface area contributed by atoms with Gasteiger partial charge in [-0.2, -0.15) is 4.68 Å². The largest absolute Gasteiger partial charge is 0.308 e. The zero-order valence-electron chi connectivity index (χ0n) is 10.1. The van der Waals surface area contributed by atoms with E-state index in [1.54, 1.807) is 22.9 Å². The Labute approximate surface area is 115 Å². The highest BCUT2D eigenvalue weighted by atomic mass is 35.5. The summed E-state index contributed by atoms with van der Waals surface area (Å²) in [4.78, 5) is 0. The summed E-state index contributed by atoms with van der Waals surface area (Å²) in [5.41, 5.74) is 0.747. The van der Waals surface area contributed by atoms with Crippen LogP contribution in [0.15, 0.2) is 18.2 Å². The number of hydrogen-bond donors (Lipinski definition) is 1. The predicted molar refractivity (Wildman–Crippen MR) is 71.3 cm³/mol. The fourth-order valence-electron chi connectivity index (χ4n) is 1.71. The monoisotopic (exact) mass is 285 g/mol. The molecular weight excluding hydrogens is 273 g/mol. The number of halogens is 2. The van der Waals surface area contributed by atoms with E-state index < -0.39 is 0 Å². The average Bonchev–Trinajstić information content (AvgIpc) is 2.76. The summed E-state index contributed by atoms with van der Waals surface area (Å²) in [6.07, 6.45) is 0. The van der Waals surface area contributed by atoms with Crippen molar-refractivity contribution in [2.24, 2.45) is 0 Å². The molecule has 1 N–H and O–H groups in total. The van der Waals surface area contributed by atoms with Crippen molar-refractivity contribution < 1.29 is 0 Å². The number of hydrogen-bond acceptors (Lipinski definition) is 4. The second-order valence-electron chi connectivity index (χ2n) is 3.86. The molecule has 0 radical (unpaired) electrons. The highest BCUT2D eigenvalue weighted by Gasteiger charge is 2.15. The van der Waals surface area contributed by atoms with Crippen molar-refractivity contribution in [1.82, 2.24) is 25.5 Å². The van der Waals surface area contributed by atoms with Crippen LogP contribution in [-0.2, 0) is 0 Å². The molecule has 1 aromatic carbocycles. The maximum Gasteiger partial charge on any atom is 0.173 e. The van der Waals surface area contributed by atoms with E-state index in [0.29, 0.717) is 10.0 Å². The minimum Gasteiger partial charge on any atom is -0.308 e. The Hall–Kier alpha value is -1.17. The summed E-state index contributed by atoms with van der Waals surface area (Å²) in [6, 6.07) is 5.25. The molecule has 0 aliphatic rings. The van der Waals surface area contributed by atoms with Crippen LogP contribution in [-0.4, -0.2) is 26.8 Å². The Balaban J connectivity index is 2.42. The summed E-state index contributed by atoms with van der Waals surface area (Å²) < 4.78 is 1.63. The van der Waals surface area contributed by atoms with E-state index >= 15 is 0 Å². The molecule has 96 valence electrons. The van der Waals surface area contributed by atoms with Gasteiger partial charge in [-0.1, -0.05) is 30.1 Å². The molecule has 0 spiro atoms. The van der Waals surface area contributed by atoms with Gasteiger partial charge in [0.2, 0.25) is 0 Å².